The average molecular weight is 272 g/mol. The summed E-state index contributed by atoms with van der Waals surface area (Å²) in [6.07, 6.45) is 3.68. The lowest BCUT2D eigenvalue weighted by molar-refractivity contribution is 0.0232. The number of hydrogen-bond acceptors (Lipinski definition) is 4. The highest BCUT2D eigenvalue weighted by atomic mass is 35.5. The van der Waals surface area contributed by atoms with E-state index in [1.54, 1.807) is 6.20 Å². The smallest absolute Gasteiger partial charge is 0.287 e. The molecule has 0 aromatic carbocycles. The van der Waals surface area contributed by atoms with Gasteiger partial charge in [0.2, 0.25) is 0 Å². The summed E-state index contributed by atoms with van der Waals surface area (Å²) in [7, 11) is 0. The lowest BCUT2D eigenvalue weighted by Gasteiger charge is -2.28. The van der Waals surface area contributed by atoms with Gasteiger partial charge < -0.3 is 10.1 Å². The molecule has 0 aliphatic carbocycles. The molecule has 1 N–H and O–H groups in total. The van der Waals surface area contributed by atoms with Gasteiger partial charge in [-0.25, -0.2) is 4.68 Å². The van der Waals surface area contributed by atoms with Gasteiger partial charge in [0.05, 0.1) is 18.0 Å². The van der Waals surface area contributed by atoms with Crippen LogP contribution in [0.25, 0.3) is 0 Å². The molecule has 2 rings (SSSR count). The van der Waals surface area contributed by atoms with Gasteiger partial charge in [0, 0.05) is 19.2 Å². The van der Waals surface area contributed by atoms with Gasteiger partial charge in [-0.15, -0.1) is 0 Å². The molecule has 1 aromatic heterocycles. The van der Waals surface area contributed by atoms with Crippen LogP contribution in [0.3, 0.4) is 0 Å². The Kier molecular flexibility index (Phi) is 4.24. The molecule has 5 nitrogen and oxygen atoms in total. The minimum Gasteiger partial charge on any atom is -0.379 e. The van der Waals surface area contributed by atoms with E-state index in [-0.39, 0.29) is 22.7 Å². The van der Waals surface area contributed by atoms with Gasteiger partial charge in [-0.1, -0.05) is 11.6 Å². The van der Waals surface area contributed by atoms with E-state index in [4.69, 9.17) is 16.3 Å². The maximum atomic E-state index is 11.8. The van der Waals surface area contributed by atoms with Crippen molar-refractivity contribution in [2.24, 2.45) is 0 Å². The minimum atomic E-state index is -0.246. The Morgan fingerprint density at radius 1 is 1.67 bits per heavy atom. The second-order valence-electron chi connectivity index (χ2n) is 4.54. The van der Waals surface area contributed by atoms with Gasteiger partial charge in [-0.05, 0) is 26.7 Å². The van der Waals surface area contributed by atoms with Crippen molar-refractivity contribution in [3.63, 3.8) is 0 Å². The Balaban J connectivity index is 2.14. The zero-order chi connectivity index (χ0) is 13.1. The van der Waals surface area contributed by atoms with Crippen molar-refractivity contribution in [2.75, 3.05) is 11.9 Å². The summed E-state index contributed by atoms with van der Waals surface area (Å²) >= 11 is 6.07. The largest absolute Gasteiger partial charge is 0.379 e. The van der Waals surface area contributed by atoms with Crippen LogP contribution < -0.4 is 10.9 Å². The van der Waals surface area contributed by atoms with E-state index < -0.39 is 0 Å². The van der Waals surface area contributed by atoms with Crippen LogP contribution in [-0.4, -0.2) is 28.5 Å². The van der Waals surface area contributed by atoms with E-state index in [0.717, 1.165) is 19.4 Å². The van der Waals surface area contributed by atoms with Crippen molar-refractivity contribution in [1.29, 1.82) is 0 Å². The van der Waals surface area contributed by atoms with Crippen molar-refractivity contribution in [2.45, 2.75) is 45.4 Å². The summed E-state index contributed by atoms with van der Waals surface area (Å²) in [6, 6.07) is 0.282. The van der Waals surface area contributed by atoms with Crippen LogP contribution in [0.4, 0.5) is 5.69 Å². The number of aromatic nitrogens is 2. The zero-order valence-corrected chi connectivity index (χ0v) is 11.4. The van der Waals surface area contributed by atoms with Gasteiger partial charge >= 0.3 is 0 Å². The van der Waals surface area contributed by atoms with Gasteiger partial charge in [-0.3, -0.25) is 4.79 Å². The first-order valence-electron chi connectivity index (χ1n) is 6.25. The van der Waals surface area contributed by atoms with Crippen LogP contribution in [0.1, 0.15) is 26.7 Å². The number of anilines is 1. The average Bonchev–Trinajstić information content (AvgIpc) is 2.35. The molecule has 2 heterocycles. The lowest BCUT2D eigenvalue weighted by Crippen LogP contribution is -2.33. The van der Waals surface area contributed by atoms with E-state index in [9.17, 15) is 4.79 Å². The number of halogens is 1. The van der Waals surface area contributed by atoms with Crippen molar-refractivity contribution in [3.8, 4) is 0 Å². The summed E-state index contributed by atoms with van der Waals surface area (Å²) in [5, 5.41) is 7.57. The van der Waals surface area contributed by atoms with Gasteiger partial charge in [0.1, 0.15) is 5.02 Å². The van der Waals surface area contributed by atoms with Crippen LogP contribution in [0.5, 0.6) is 0 Å². The first kappa shape index (κ1) is 13.4. The topological polar surface area (TPSA) is 56.1 Å². The molecule has 100 valence electrons. The molecule has 1 aliphatic heterocycles. The molecule has 2 atom stereocenters. The first-order chi connectivity index (χ1) is 8.61. The molecule has 0 bridgehead atoms. The molecule has 1 fully saturated rings. The van der Waals surface area contributed by atoms with Crippen LogP contribution in [0, 0.1) is 0 Å². The first-order valence-corrected chi connectivity index (χ1v) is 6.63. The summed E-state index contributed by atoms with van der Waals surface area (Å²) in [4.78, 5) is 11.8. The fourth-order valence-electron chi connectivity index (χ4n) is 2.14. The van der Waals surface area contributed by atoms with E-state index >= 15 is 0 Å². The van der Waals surface area contributed by atoms with Crippen LogP contribution in [0.15, 0.2) is 11.0 Å². The van der Waals surface area contributed by atoms with E-state index in [0.29, 0.717) is 12.2 Å². The molecule has 2 unspecified atom stereocenters. The standard InChI is InChI=1S/C12H18ClN3O2/c1-3-16-12(17)11(13)10(7-14-16)15-9-4-5-18-8(2)6-9/h7-9,15H,3-6H2,1-2H3. The number of hydrogen-bond donors (Lipinski definition) is 1. The quantitative estimate of drug-likeness (QED) is 0.912. The molecule has 6 heteroatoms. The number of rotatable bonds is 3. The SMILES string of the molecule is CCn1ncc(NC2CCOC(C)C2)c(Cl)c1=O. The lowest BCUT2D eigenvalue weighted by atomic mass is 10.0. The van der Waals surface area contributed by atoms with Crippen molar-refractivity contribution >= 4 is 17.3 Å². The molecule has 1 saturated heterocycles. The predicted octanol–water partition coefficient (Wildman–Crippen LogP) is 1.90. The summed E-state index contributed by atoms with van der Waals surface area (Å²) in [5.74, 6) is 0. The Morgan fingerprint density at radius 3 is 3.11 bits per heavy atom. The van der Waals surface area contributed by atoms with E-state index in [2.05, 4.69) is 10.4 Å². The molecule has 0 radical (unpaired) electrons. The number of nitrogens with zero attached hydrogens (tertiary/aromatic N) is 2. The molecular weight excluding hydrogens is 254 g/mol. The van der Waals surface area contributed by atoms with Crippen molar-refractivity contribution < 1.29 is 4.74 Å². The Morgan fingerprint density at radius 2 is 2.44 bits per heavy atom. The second kappa shape index (κ2) is 5.71. The molecule has 0 spiro atoms. The third-order valence-electron chi connectivity index (χ3n) is 3.13. The second-order valence-corrected chi connectivity index (χ2v) is 4.92. The molecule has 0 amide bonds. The molecule has 18 heavy (non-hydrogen) atoms. The molecule has 1 aliphatic rings. The number of nitrogens with one attached hydrogen (secondary N) is 1. The zero-order valence-electron chi connectivity index (χ0n) is 10.6. The fourth-order valence-corrected chi connectivity index (χ4v) is 2.34. The summed E-state index contributed by atoms with van der Waals surface area (Å²) in [6.45, 7) is 5.16. The van der Waals surface area contributed by atoms with E-state index in [1.165, 1.54) is 4.68 Å². The summed E-state index contributed by atoms with van der Waals surface area (Å²) < 4.78 is 6.83. The fraction of sp³-hybridized carbons (Fsp3) is 0.667. The highest BCUT2D eigenvalue weighted by Crippen LogP contribution is 2.21. The molecule has 0 saturated carbocycles. The third-order valence-corrected chi connectivity index (χ3v) is 3.49. The van der Waals surface area contributed by atoms with Crippen LogP contribution in [0.2, 0.25) is 5.02 Å². The summed E-state index contributed by atoms with van der Waals surface area (Å²) in [5.41, 5.74) is 0.370. The molecular formula is C12H18ClN3O2. The number of ether oxygens (including phenoxy) is 1. The highest BCUT2D eigenvalue weighted by molar-refractivity contribution is 6.32. The van der Waals surface area contributed by atoms with Gasteiger partial charge in [0.25, 0.3) is 5.56 Å². The maximum absolute atomic E-state index is 11.8. The highest BCUT2D eigenvalue weighted by Gasteiger charge is 2.20. The third kappa shape index (κ3) is 2.84. The van der Waals surface area contributed by atoms with Crippen LogP contribution >= 0.6 is 11.6 Å². The van der Waals surface area contributed by atoms with Crippen molar-refractivity contribution in [3.05, 3.63) is 21.6 Å². The monoisotopic (exact) mass is 271 g/mol. The number of aryl methyl sites for hydroxylation is 1. The Hall–Kier alpha value is -1.07. The van der Waals surface area contributed by atoms with Gasteiger partial charge in [-0.2, -0.15) is 5.10 Å². The molecule has 1 aromatic rings. The normalized spacial score (nSPS) is 23.9. The Labute approximate surface area is 111 Å². The van der Waals surface area contributed by atoms with Gasteiger partial charge in [0.15, 0.2) is 0 Å². The van der Waals surface area contributed by atoms with E-state index in [1.807, 2.05) is 13.8 Å². The minimum absolute atomic E-state index is 0.214. The predicted molar refractivity (Wildman–Crippen MR) is 71.2 cm³/mol. The van der Waals surface area contributed by atoms with Crippen molar-refractivity contribution in [1.82, 2.24) is 9.78 Å². The Bertz CT molecular complexity index is 475. The van der Waals surface area contributed by atoms with Crippen LogP contribution in [-0.2, 0) is 11.3 Å². The maximum Gasteiger partial charge on any atom is 0.287 e.